The monoisotopic (exact) mass is 560 g/mol. The number of pyridine rings is 1. The molecule has 1 saturated heterocycles. The topological polar surface area (TPSA) is 71.9 Å². The summed E-state index contributed by atoms with van der Waals surface area (Å²) in [4.78, 5) is 19.9. The van der Waals surface area contributed by atoms with Gasteiger partial charge in [0.2, 0.25) is 0 Å². The fourth-order valence-electron chi connectivity index (χ4n) is 5.96. The molecular formula is C34H41FN2O4. The first-order valence-corrected chi connectivity index (χ1v) is 14.6. The van der Waals surface area contributed by atoms with E-state index in [1.54, 1.807) is 12.1 Å². The van der Waals surface area contributed by atoms with Crippen LogP contribution in [0.5, 0.6) is 5.75 Å². The Morgan fingerprint density at radius 3 is 2.20 bits per heavy atom. The van der Waals surface area contributed by atoms with Gasteiger partial charge in [0.1, 0.15) is 11.6 Å². The van der Waals surface area contributed by atoms with Gasteiger partial charge in [-0.05, 0) is 101 Å². The number of aromatic nitrogens is 1. The van der Waals surface area contributed by atoms with Crippen LogP contribution < -0.4 is 9.64 Å². The summed E-state index contributed by atoms with van der Waals surface area (Å²) in [5.74, 6) is -0.519. The molecular weight excluding hydrogens is 519 g/mol. The van der Waals surface area contributed by atoms with E-state index in [9.17, 15) is 14.3 Å². The summed E-state index contributed by atoms with van der Waals surface area (Å²) < 4.78 is 25.4. The number of benzene rings is 2. The highest BCUT2D eigenvalue weighted by atomic mass is 19.1. The van der Waals surface area contributed by atoms with Gasteiger partial charge in [-0.25, -0.2) is 9.18 Å². The maximum Gasteiger partial charge on any atom is 0.337 e. The second kappa shape index (κ2) is 11.4. The number of aliphatic carboxylic acids is 1. The third-order valence-electron chi connectivity index (χ3n) is 8.35. The highest BCUT2D eigenvalue weighted by Crippen LogP contribution is 2.55. The molecule has 1 aliphatic carbocycles. The number of carbonyl (C=O) groups is 1. The Balaban J connectivity index is 1.48. The standard InChI is InChI=1S/C34H41FN2O4/c1-22-28(25-8-12-27(13-9-25)40-21-14-24-6-10-26(35)11-7-24)30(37-19-17-34(15-16-34)18-20-37)29(23(2)36-22)31(32(38)39)41-33(3,4)5/h6-13,31H,14-21H2,1-5H3,(H,38,39)/t31-/m0/s1. The van der Waals surface area contributed by atoms with Crippen molar-refractivity contribution < 1.29 is 23.8 Å². The zero-order chi connectivity index (χ0) is 29.4. The van der Waals surface area contributed by atoms with E-state index < -0.39 is 17.7 Å². The van der Waals surface area contributed by atoms with E-state index in [4.69, 9.17) is 14.5 Å². The lowest BCUT2D eigenvalue weighted by Gasteiger charge is -2.38. The summed E-state index contributed by atoms with van der Waals surface area (Å²) in [6.07, 6.45) is 4.36. The van der Waals surface area contributed by atoms with Crippen molar-refractivity contribution in [2.45, 2.75) is 78.4 Å². The van der Waals surface area contributed by atoms with Gasteiger partial charge in [0.25, 0.3) is 0 Å². The molecule has 7 heteroatoms. The second-order valence-electron chi connectivity index (χ2n) is 12.6. The van der Waals surface area contributed by atoms with Crippen LogP contribution in [0.15, 0.2) is 48.5 Å². The van der Waals surface area contributed by atoms with E-state index in [0.29, 0.717) is 29.7 Å². The smallest absolute Gasteiger partial charge is 0.337 e. The molecule has 6 nitrogen and oxygen atoms in total. The fraction of sp³-hybridized carbons (Fsp3) is 0.471. The molecule has 1 aromatic heterocycles. The van der Waals surface area contributed by atoms with Crippen LogP contribution in [0.4, 0.5) is 10.1 Å². The number of hydrogen-bond donors (Lipinski definition) is 1. The first-order chi connectivity index (χ1) is 19.4. The van der Waals surface area contributed by atoms with Crippen molar-refractivity contribution in [1.29, 1.82) is 0 Å². The summed E-state index contributed by atoms with van der Waals surface area (Å²) >= 11 is 0. The number of aryl methyl sites for hydroxylation is 2. The van der Waals surface area contributed by atoms with Crippen LogP contribution >= 0.6 is 0 Å². The van der Waals surface area contributed by atoms with Crippen molar-refractivity contribution in [2.24, 2.45) is 5.41 Å². The Kier molecular flexibility index (Phi) is 8.11. The molecule has 2 aromatic carbocycles. The van der Waals surface area contributed by atoms with E-state index in [0.717, 1.165) is 59.8 Å². The summed E-state index contributed by atoms with van der Waals surface area (Å²) in [7, 11) is 0. The van der Waals surface area contributed by atoms with Crippen molar-refractivity contribution in [3.63, 3.8) is 0 Å². The number of piperidine rings is 1. The number of halogens is 1. The van der Waals surface area contributed by atoms with E-state index in [2.05, 4.69) is 4.90 Å². The average Bonchev–Trinajstić information content (AvgIpc) is 3.67. The lowest BCUT2D eigenvalue weighted by atomic mass is 9.89. The van der Waals surface area contributed by atoms with Crippen LogP contribution in [-0.2, 0) is 16.0 Å². The van der Waals surface area contributed by atoms with E-state index >= 15 is 0 Å². The Morgan fingerprint density at radius 2 is 1.63 bits per heavy atom. The van der Waals surface area contributed by atoms with Crippen molar-refractivity contribution >= 4 is 11.7 Å². The number of carboxylic acid groups (broad SMARTS) is 1. The molecule has 1 aliphatic heterocycles. The van der Waals surface area contributed by atoms with Gasteiger partial charge < -0.3 is 19.5 Å². The highest BCUT2D eigenvalue weighted by Gasteiger charge is 2.45. The third-order valence-corrected chi connectivity index (χ3v) is 8.35. The Labute approximate surface area is 242 Å². The summed E-state index contributed by atoms with van der Waals surface area (Å²) in [5, 5.41) is 10.4. The number of hydrogen-bond acceptors (Lipinski definition) is 5. The molecule has 3 aromatic rings. The van der Waals surface area contributed by atoms with Crippen molar-refractivity contribution in [3.05, 3.63) is 76.9 Å². The average molecular weight is 561 g/mol. The van der Waals surface area contributed by atoms with Crippen LogP contribution in [0.2, 0.25) is 0 Å². The van der Waals surface area contributed by atoms with Gasteiger partial charge in [-0.15, -0.1) is 0 Å². The van der Waals surface area contributed by atoms with E-state index in [-0.39, 0.29) is 5.82 Å². The summed E-state index contributed by atoms with van der Waals surface area (Å²) in [5.41, 5.74) is 5.86. The van der Waals surface area contributed by atoms with Crippen LogP contribution in [0.1, 0.15) is 75.1 Å². The fourth-order valence-corrected chi connectivity index (χ4v) is 5.96. The number of anilines is 1. The lowest BCUT2D eigenvalue weighted by Crippen LogP contribution is -2.37. The third kappa shape index (κ3) is 6.72. The molecule has 5 rings (SSSR count). The van der Waals surface area contributed by atoms with Gasteiger partial charge in [0.15, 0.2) is 6.10 Å². The minimum atomic E-state index is -1.14. The largest absolute Gasteiger partial charge is 0.493 e. The van der Waals surface area contributed by atoms with Crippen LogP contribution in [0.25, 0.3) is 11.1 Å². The molecule has 1 saturated carbocycles. The maximum atomic E-state index is 13.2. The second-order valence-corrected chi connectivity index (χ2v) is 12.6. The summed E-state index contributed by atoms with van der Waals surface area (Å²) in [6.45, 7) is 11.8. The van der Waals surface area contributed by atoms with Crippen LogP contribution in [-0.4, -0.2) is 41.4 Å². The Hall–Kier alpha value is -3.45. The molecule has 2 fully saturated rings. The van der Waals surface area contributed by atoms with Gasteiger partial charge >= 0.3 is 5.97 Å². The molecule has 0 amide bonds. The van der Waals surface area contributed by atoms with Crippen molar-refractivity contribution in [2.75, 3.05) is 24.6 Å². The first kappa shape index (κ1) is 29.1. The van der Waals surface area contributed by atoms with Gasteiger partial charge in [-0.3, -0.25) is 4.98 Å². The quantitative estimate of drug-likeness (QED) is 0.293. The molecule has 218 valence electrons. The van der Waals surface area contributed by atoms with E-state index in [1.165, 1.54) is 25.0 Å². The predicted molar refractivity (Wildman–Crippen MR) is 159 cm³/mol. The van der Waals surface area contributed by atoms with E-state index in [1.807, 2.05) is 58.9 Å². The van der Waals surface area contributed by atoms with Gasteiger partial charge in [0.05, 0.1) is 17.9 Å². The van der Waals surface area contributed by atoms with Gasteiger partial charge in [-0.2, -0.15) is 0 Å². The van der Waals surface area contributed by atoms with Crippen LogP contribution in [0, 0.1) is 25.1 Å². The molecule has 2 aliphatic rings. The molecule has 2 heterocycles. The number of ether oxygens (including phenoxy) is 2. The molecule has 1 N–H and O–H groups in total. The van der Waals surface area contributed by atoms with Gasteiger partial charge in [0, 0.05) is 42.0 Å². The Bertz CT molecular complexity index is 1380. The minimum Gasteiger partial charge on any atom is -0.493 e. The number of carboxylic acids is 1. The highest BCUT2D eigenvalue weighted by molar-refractivity contribution is 5.88. The van der Waals surface area contributed by atoms with Crippen molar-refractivity contribution in [1.82, 2.24) is 4.98 Å². The Morgan fingerprint density at radius 1 is 1.00 bits per heavy atom. The molecule has 1 spiro atoms. The normalized spacial score (nSPS) is 17.0. The van der Waals surface area contributed by atoms with Crippen molar-refractivity contribution in [3.8, 4) is 16.9 Å². The SMILES string of the molecule is Cc1nc(C)c([C@H](OC(C)(C)C)C(=O)O)c(N2CCC3(CC2)CC3)c1-c1ccc(OCCc2ccc(F)cc2)cc1. The molecule has 0 bridgehead atoms. The zero-order valence-corrected chi connectivity index (χ0v) is 24.8. The molecule has 41 heavy (non-hydrogen) atoms. The van der Waals surface area contributed by atoms with Gasteiger partial charge in [-0.1, -0.05) is 24.3 Å². The zero-order valence-electron chi connectivity index (χ0n) is 24.8. The first-order valence-electron chi connectivity index (χ1n) is 14.6. The predicted octanol–water partition coefficient (Wildman–Crippen LogP) is 7.45. The number of nitrogens with zero attached hydrogens (tertiary/aromatic N) is 2. The molecule has 0 unspecified atom stereocenters. The molecule has 0 radical (unpaired) electrons. The maximum absolute atomic E-state index is 13.2. The lowest BCUT2D eigenvalue weighted by molar-refractivity contribution is -0.160. The number of rotatable bonds is 9. The summed E-state index contributed by atoms with van der Waals surface area (Å²) in [6, 6.07) is 14.4. The molecule has 1 atom stereocenters. The van der Waals surface area contributed by atoms with Crippen LogP contribution in [0.3, 0.4) is 0 Å². The minimum absolute atomic E-state index is 0.245.